The molecule has 5 heteroatoms. The number of phenolic OH excluding ortho intramolecular Hbond substituents is 1. The summed E-state index contributed by atoms with van der Waals surface area (Å²) in [6.07, 6.45) is 9.31. The van der Waals surface area contributed by atoms with Gasteiger partial charge >= 0.3 is 51.4 Å². The van der Waals surface area contributed by atoms with Gasteiger partial charge in [-0.25, -0.2) is 0 Å². The van der Waals surface area contributed by atoms with Crippen LogP contribution in [0.25, 0.3) is 12.2 Å². The molecule has 0 saturated heterocycles. The third-order valence-corrected chi connectivity index (χ3v) is 4.62. The fraction of sp³-hybridized carbons (Fsp3) is 0.240. The number of rotatable bonds is 8. The topological polar surface area (TPSA) is 80.6 Å². The summed E-state index contributed by atoms with van der Waals surface area (Å²) in [5.41, 5.74) is 3.28. The van der Waals surface area contributed by atoms with Crippen molar-refractivity contribution in [2.45, 2.75) is 40.0 Å². The first-order valence-electron chi connectivity index (χ1n) is 9.61. The van der Waals surface area contributed by atoms with Crippen LogP contribution in [0.3, 0.4) is 0 Å². The Balaban J connectivity index is 0.00000450. The molecule has 0 atom stereocenters. The molecule has 0 heterocycles. The number of allylic oxidation sites excluding steroid dienone is 4. The van der Waals surface area contributed by atoms with Gasteiger partial charge in [-0.15, -0.1) is 0 Å². The van der Waals surface area contributed by atoms with Gasteiger partial charge in [-0.2, -0.15) is 0 Å². The molecule has 0 aliphatic rings. The second kappa shape index (κ2) is 12.9. The summed E-state index contributed by atoms with van der Waals surface area (Å²) in [5, 5.41) is 32.6. The first-order chi connectivity index (χ1) is 13.8. The van der Waals surface area contributed by atoms with Gasteiger partial charge < -0.3 is 20.1 Å². The average molecular weight is 431 g/mol. The minimum atomic E-state index is -1.49. The third kappa shape index (κ3) is 7.89. The van der Waals surface area contributed by atoms with E-state index in [-0.39, 0.29) is 80.2 Å². The maximum absolute atomic E-state index is 11.7. The fourth-order valence-corrected chi connectivity index (χ4v) is 2.98. The van der Waals surface area contributed by atoms with Crippen molar-refractivity contribution in [1.82, 2.24) is 0 Å². The molecule has 152 valence electrons. The first kappa shape index (κ1) is 26.4. The zero-order valence-corrected chi connectivity index (χ0v) is 21.2. The number of hydrogen-bond acceptors (Lipinski definition) is 4. The van der Waals surface area contributed by atoms with Gasteiger partial charge in [0, 0.05) is 11.1 Å². The third-order valence-electron chi connectivity index (χ3n) is 4.62. The van der Waals surface area contributed by atoms with Crippen LogP contribution in [-0.4, -0.2) is 16.2 Å². The van der Waals surface area contributed by atoms with E-state index in [9.17, 15) is 20.1 Å². The largest absolute Gasteiger partial charge is 1.00 e. The zero-order valence-electron chi connectivity index (χ0n) is 18.1. The molecule has 0 amide bonds. The van der Waals surface area contributed by atoms with E-state index in [1.165, 1.54) is 11.6 Å². The van der Waals surface area contributed by atoms with Crippen LogP contribution in [0.4, 0.5) is 0 Å². The summed E-state index contributed by atoms with van der Waals surface area (Å²) in [6.45, 7) is 6.07. The first-order valence-corrected chi connectivity index (χ1v) is 9.61. The Morgan fingerprint density at radius 2 is 1.70 bits per heavy atom. The van der Waals surface area contributed by atoms with Crippen LogP contribution >= 0.6 is 0 Å². The predicted molar refractivity (Wildman–Crippen MR) is 116 cm³/mol. The number of phenols is 2. The molecule has 2 aromatic rings. The van der Waals surface area contributed by atoms with E-state index in [0.29, 0.717) is 0 Å². The molecule has 2 aromatic carbocycles. The zero-order chi connectivity index (χ0) is 21.4. The maximum Gasteiger partial charge on any atom is 1.00 e. The van der Waals surface area contributed by atoms with E-state index in [1.54, 1.807) is 12.2 Å². The number of carboxylic acids is 1. The standard InChI is InChI=1S/C25H28O4.K/c1-17(2)8-7-9-18(3)12-15-21-22(26)16-20(23(24(21)27)25(28)29)14-13-19-10-5-4-6-11-19;/h4-6,8,10-14,16,26-27H,7,9,15H2,1-3H3,(H,28,29);/q;+1/p-1/b14-13+,18-12+;. The van der Waals surface area contributed by atoms with E-state index in [2.05, 4.69) is 6.08 Å². The van der Waals surface area contributed by atoms with Crippen molar-refractivity contribution < 1.29 is 71.5 Å². The van der Waals surface area contributed by atoms with Gasteiger partial charge in [0.15, 0.2) is 0 Å². The van der Waals surface area contributed by atoms with Crippen molar-refractivity contribution in [3.63, 3.8) is 0 Å². The molecule has 0 radical (unpaired) electrons. The minimum absolute atomic E-state index is 0. The summed E-state index contributed by atoms with van der Waals surface area (Å²) in [7, 11) is 0. The Hall–Kier alpha value is -1.63. The predicted octanol–water partition coefficient (Wildman–Crippen LogP) is 1.87. The molecule has 30 heavy (non-hydrogen) atoms. The van der Waals surface area contributed by atoms with Crippen LogP contribution in [-0.2, 0) is 6.42 Å². The van der Waals surface area contributed by atoms with Gasteiger partial charge in [0.1, 0.15) is 11.5 Å². The van der Waals surface area contributed by atoms with E-state index < -0.39 is 11.7 Å². The van der Waals surface area contributed by atoms with Crippen molar-refractivity contribution in [2.75, 3.05) is 0 Å². The van der Waals surface area contributed by atoms with Crippen molar-refractivity contribution >= 4 is 18.1 Å². The number of benzene rings is 2. The van der Waals surface area contributed by atoms with Crippen molar-refractivity contribution in [2.24, 2.45) is 0 Å². The summed E-state index contributed by atoms with van der Waals surface area (Å²) in [5.74, 6) is -2.08. The van der Waals surface area contributed by atoms with Gasteiger partial charge in [0.25, 0.3) is 0 Å². The Bertz CT molecular complexity index is 953. The maximum atomic E-state index is 11.7. The van der Waals surface area contributed by atoms with Crippen LogP contribution in [0.1, 0.15) is 60.7 Å². The Labute approximate surface area is 221 Å². The molecule has 0 spiro atoms. The Morgan fingerprint density at radius 1 is 1.03 bits per heavy atom. The number of carboxylic acid groups (broad SMARTS) is 1. The SMILES string of the molecule is CC(C)=CCC/C(C)=C/Cc1c(O)cc(/C=C/c2ccccc2)c(C(=O)[O-])c1O.[K+]. The van der Waals surface area contributed by atoms with Gasteiger partial charge in [0.05, 0.1) is 5.97 Å². The van der Waals surface area contributed by atoms with Crippen molar-refractivity contribution in [1.29, 1.82) is 0 Å². The van der Waals surface area contributed by atoms with Gasteiger partial charge in [-0.3, -0.25) is 0 Å². The van der Waals surface area contributed by atoms with Crippen molar-refractivity contribution in [3.05, 3.63) is 82.0 Å². The van der Waals surface area contributed by atoms with Crippen LogP contribution in [0.2, 0.25) is 0 Å². The molecule has 0 saturated carbocycles. The molecule has 4 nitrogen and oxygen atoms in total. The van der Waals surface area contributed by atoms with Crippen LogP contribution in [0.5, 0.6) is 11.5 Å². The molecule has 0 bridgehead atoms. The van der Waals surface area contributed by atoms with E-state index in [1.807, 2.05) is 57.2 Å². The molecule has 2 N–H and O–H groups in total. The van der Waals surface area contributed by atoms with Crippen LogP contribution < -0.4 is 56.5 Å². The summed E-state index contributed by atoms with van der Waals surface area (Å²) in [6, 6.07) is 10.7. The smallest absolute Gasteiger partial charge is 0.545 e. The molecule has 2 rings (SSSR count). The Morgan fingerprint density at radius 3 is 2.30 bits per heavy atom. The van der Waals surface area contributed by atoms with Crippen molar-refractivity contribution in [3.8, 4) is 11.5 Å². The van der Waals surface area contributed by atoms with Gasteiger partial charge in [-0.05, 0) is 57.2 Å². The van der Waals surface area contributed by atoms with Crippen LogP contribution in [0.15, 0.2) is 59.7 Å². The summed E-state index contributed by atoms with van der Waals surface area (Å²) in [4.78, 5) is 11.7. The normalized spacial score (nSPS) is 11.2. The fourth-order valence-electron chi connectivity index (χ4n) is 2.98. The molecule has 0 aliphatic carbocycles. The van der Waals surface area contributed by atoms with E-state index in [0.717, 1.165) is 24.0 Å². The van der Waals surface area contributed by atoms with Gasteiger partial charge in [-0.1, -0.05) is 65.8 Å². The summed E-state index contributed by atoms with van der Waals surface area (Å²) >= 11 is 0. The molecular formula is C25H27KO4. The monoisotopic (exact) mass is 430 g/mol. The Kier molecular flexibility index (Phi) is 11.4. The quantitative estimate of drug-likeness (QED) is 0.381. The number of aromatic hydroxyl groups is 2. The molecule has 0 fully saturated rings. The molecule has 0 aliphatic heterocycles. The van der Waals surface area contributed by atoms with Gasteiger partial charge in [0.2, 0.25) is 0 Å². The number of carbonyl (C=O) groups is 1. The molecular weight excluding hydrogens is 403 g/mol. The number of aromatic carboxylic acids is 1. The molecule has 0 unspecified atom stereocenters. The minimum Gasteiger partial charge on any atom is -0.545 e. The second-order valence-corrected chi connectivity index (χ2v) is 7.29. The average Bonchev–Trinajstić information content (AvgIpc) is 2.66. The second-order valence-electron chi connectivity index (χ2n) is 7.29. The summed E-state index contributed by atoms with van der Waals surface area (Å²) < 4.78 is 0. The number of hydrogen-bond donors (Lipinski definition) is 2. The van der Waals surface area contributed by atoms with E-state index >= 15 is 0 Å². The number of carbonyl (C=O) groups excluding carboxylic acids is 1. The van der Waals surface area contributed by atoms with E-state index in [4.69, 9.17) is 0 Å². The molecule has 0 aromatic heterocycles. The van der Waals surface area contributed by atoms with Crippen LogP contribution in [0, 0.1) is 0 Å².